The quantitative estimate of drug-likeness (QED) is 0.684. The first kappa shape index (κ1) is 19.2. The van der Waals surface area contributed by atoms with Gasteiger partial charge >= 0.3 is 5.97 Å². The van der Waals surface area contributed by atoms with E-state index in [-0.39, 0.29) is 11.2 Å². The molecule has 1 atom stereocenters. The summed E-state index contributed by atoms with van der Waals surface area (Å²) in [4.78, 5) is 37.5. The minimum absolute atomic E-state index is 0.151. The summed E-state index contributed by atoms with van der Waals surface area (Å²) in [6, 6.07) is 12.4. The lowest BCUT2D eigenvalue weighted by atomic mass is 10.3. The number of esters is 1. The fourth-order valence-electron chi connectivity index (χ4n) is 2.88. The number of amides is 1. The van der Waals surface area contributed by atoms with Crippen molar-refractivity contribution < 1.29 is 14.3 Å². The zero-order valence-corrected chi connectivity index (χ0v) is 16.2. The zero-order valence-electron chi connectivity index (χ0n) is 16.2. The van der Waals surface area contributed by atoms with E-state index in [0.717, 1.165) is 0 Å². The molecule has 2 heterocycles. The Hall–Kier alpha value is -3.55. The SMILES string of the molecule is Cc1c(NC(=O)[C@H](C)OC(=O)c2cccn2C)c(=O)n(-c2ccccc2)n1C. The minimum atomic E-state index is -1.06. The summed E-state index contributed by atoms with van der Waals surface area (Å²) in [7, 11) is 3.44. The van der Waals surface area contributed by atoms with E-state index in [4.69, 9.17) is 4.74 Å². The van der Waals surface area contributed by atoms with Crippen molar-refractivity contribution in [3.63, 3.8) is 0 Å². The van der Waals surface area contributed by atoms with Crippen LogP contribution >= 0.6 is 0 Å². The maximum Gasteiger partial charge on any atom is 0.355 e. The van der Waals surface area contributed by atoms with Crippen LogP contribution in [0.2, 0.25) is 0 Å². The van der Waals surface area contributed by atoms with Gasteiger partial charge in [0.05, 0.1) is 11.4 Å². The van der Waals surface area contributed by atoms with E-state index in [9.17, 15) is 14.4 Å². The number of hydrogen-bond donors (Lipinski definition) is 1. The van der Waals surface area contributed by atoms with Crippen LogP contribution in [0.25, 0.3) is 5.69 Å². The molecule has 0 aliphatic rings. The molecule has 0 radical (unpaired) electrons. The van der Waals surface area contributed by atoms with Gasteiger partial charge in [0.15, 0.2) is 6.10 Å². The van der Waals surface area contributed by atoms with Crippen molar-refractivity contribution in [1.29, 1.82) is 0 Å². The van der Waals surface area contributed by atoms with Gasteiger partial charge in [-0.2, -0.15) is 0 Å². The Labute approximate surface area is 161 Å². The van der Waals surface area contributed by atoms with E-state index in [2.05, 4.69) is 5.32 Å². The highest BCUT2D eigenvalue weighted by atomic mass is 16.5. The average Bonchev–Trinajstić information content (AvgIpc) is 3.19. The normalized spacial score (nSPS) is 11.9. The van der Waals surface area contributed by atoms with Crippen molar-refractivity contribution in [2.24, 2.45) is 14.1 Å². The number of benzene rings is 1. The number of hydrogen-bond acceptors (Lipinski definition) is 4. The van der Waals surface area contributed by atoms with Crippen molar-refractivity contribution in [2.75, 3.05) is 5.32 Å². The molecule has 8 nitrogen and oxygen atoms in total. The monoisotopic (exact) mass is 382 g/mol. The predicted octanol–water partition coefficient (Wildman–Crippen LogP) is 2.01. The van der Waals surface area contributed by atoms with Crippen LogP contribution < -0.4 is 10.9 Å². The number of aromatic nitrogens is 3. The van der Waals surface area contributed by atoms with Crippen LogP contribution in [0.3, 0.4) is 0 Å². The summed E-state index contributed by atoms with van der Waals surface area (Å²) in [6.45, 7) is 3.20. The van der Waals surface area contributed by atoms with Gasteiger partial charge in [-0.25, -0.2) is 9.48 Å². The standard InChI is InChI=1S/C20H22N4O4/c1-13-17(19(26)24(23(13)4)15-9-6-5-7-10-15)21-18(25)14(2)28-20(27)16-11-8-12-22(16)3/h5-12,14H,1-4H3,(H,21,25)/t14-/m0/s1. The molecule has 0 aliphatic heterocycles. The molecule has 1 aromatic carbocycles. The van der Waals surface area contributed by atoms with E-state index in [1.54, 1.807) is 60.7 Å². The number of para-hydroxylation sites is 1. The first-order valence-corrected chi connectivity index (χ1v) is 8.78. The molecule has 0 unspecified atom stereocenters. The molecular formula is C20H22N4O4. The predicted molar refractivity (Wildman–Crippen MR) is 105 cm³/mol. The molecular weight excluding hydrogens is 360 g/mol. The van der Waals surface area contributed by atoms with Crippen LogP contribution in [0, 0.1) is 6.92 Å². The molecule has 0 bridgehead atoms. The second kappa shape index (κ2) is 7.59. The summed E-state index contributed by atoms with van der Waals surface area (Å²) < 4.78 is 9.95. The molecule has 0 spiro atoms. The molecule has 3 aromatic rings. The smallest absolute Gasteiger partial charge is 0.355 e. The first-order valence-electron chi connectivity index (χ1n) is 8.78. The first-order chi connectivity index (χ1) is 13.3. The number of carbonyl (C=O) groups excluding carboxylic acids is 2. The van der Waals surface area contributed by atoms with E-state index in [0.29, 0.717) is 17.1 Å². The van der Waals surface area contributed by atoms with Crippen molar-refractivity contribution >= 4 is 17.6 Å². The fourth-order valence-corrected chi connectivity index (χ4v) is 2.88. The number of aryl methyl sites for hydroxylation is 1. The van der Waals surface area contributed by atoms with Crippen LogP contribution in [-0.4, -0.2) is 31.9 Å². The molecule has 2 aromatic heterocycles. The number of carbonyl (C=O) groups is 2. The van der Waals surface area contributed by atoms with Gasteiger partial charge in [0.25, 0.3) is 11.5 Å². The summed E-state index contributed by atoms with van der Waals surface area (Å²) in [5, 5.41) is 2.60. The number of anilines is 1. The van der Waals surface area contributed by atoms with E-state index >= 15 is 0 Å². The maximum atomic E-state index is 12.8. The highest BCUT2D eigenvalue weighted by Gasteiger charge is 2.24. The van der Waals surface area contributed by atoms with Crippen LogP contribution in [0.15, 0.2) is 53.5 Å². The van der Waals surface area contributed by atoms with Crippen molar-refractivity contribution in [3.05, 3.63) is 70.4 Å². The lowest BCUT2D eigenvalue weighted by Crippen LogP contribution is -2.32. The summed E-state index contributed by atoms with van der Waals surface area (Å²) >= 11 is 0. The molecule has 1 N–H and O–H groups in total. The van der Waals surface area contributed by atoms with Crippen LogP contribution in [-0.2, 0) is 23.6 Å². The third kappa shape index (κ3) is 3.48. The Balaban J connectivity index is 1.80. The highest BCUT2D eigenvalue weighted by molar-refractivity contribution is 5.97. The minimum Gasteiger partial charge on any atom is -0.448 e. The summed E-state index contributed by atoms with van der Waals surface area (Å²) in [5.74, 6) is -1.18. The number of rotatable bonds is 5. The van der Waals surface area contributed by atoms with Crippen LogP contribution in [0.5, 0.6) is 0 Å². The van der Waals surface area contributed by atoms with E-state index in [1.807, 2.05) is 18.2 Å². The molecule has 1 amide bonds. The molecule has 8 heteroatoms. The topological polar surface area (TPSA) is 87.3 Å². The Morgan fingerprint density at radius 3 is 2.36 bits per heavy atom. The van der Waals surface area contributed by atoms with Crippen LogP contribution in [0.4, 0.5) is 5.69 Å². The third-order valence-corrected chi connectivity index (χ3v) is 4.61. The largest absolute Gasteiger partial charge is 0.448 e. The Morgan fingerprint density at radius 1 is 1.07 bits per heavy atom. The third-order valence-electron chi connectivity index (χ3n) is 4.61. The molecule has 0 saturated heterocycles. The molecule has 3 rings (SSSR count). The van der Waals surface area contributed by atoms with E-state index in [1.165, 1.54) is 11.6 Å². The Bertz CT molecular complexity index is 1080. The van der Waals surface area contributed by atoms with Crippen molar-refractivity contribution in [1.82, 2.24) is 13.9 Å². The van der Waals surface area contributed by atoms with E-state index < -0.39 is 18.0 Å². The van der Waals surface area contributed by atoms with Gasteiger partial charge in [-0.1, -0.05) is 18.2 Å². The average molecular weight is 382 g/mol. The highest BCUT2D eigenvalue weighted by Crippen LogP contribution is 2.15. The van der Waals surface area contributed by atoms with Crippen LogP contribution in [0.1, 0.15) is 23.1 Å². The molecule has 146 valence electrons. The number of ether oxygens (including phenoxy) is 1. The van der Waals surface area contributed by atoms with Gasteiger partial charge in [0.1, 0.15) is 11.4 Å². The van der Waals surface area contributed by atoms with Gasteiger partial charge in [-0.3, -0.25) is 14.3 Å². The second-order valence-electron chi connectivity index (χ2n) is 6.48. The maximum absolute atomic E-state index is 12.8. The Morgan fingerprint density at radius 2 is 1.75 bits per heavy atom. The van der Waals surface area contributed by atoms with Gasteiger partial charge in [0.2, 0.25) is 0 Å². The van der Waals surface area contributed by atoms with Crippen molar-refractivity contribution in [2.45, 2.75) is 20.0 Å². The summed E-state index contributed by atoms with van der Waals surface area (Å²) in [6.07, 6.45) is 0.646. The van der Waals surface area contributed by atoms with Gasteiger partial charge in [-0.05, 0) is 38.1 Å². The van der Waals surface area contributed by atoms with Gasteiger partial charge in [-0.15, -0.1) is 0 Å². The molecule has 28 heavy (non-hydrogen) atoms. The lowest BCUT2D eigenvalue weighted by Gasteiger charge is -2.13. The second-order valence-corrected chi connectivity index (χ2v) is 6.48. The molecule has 0 fully saturated rings. The molecule has 0 aliphatic carbocycles. The number of nitrogens with zero attached hydrogens (tertiary/aromatic N) is 3. The lowest BCUT2D eigenvalue weighted by molar-refractivity contribution is -0.123. The summed E-state index contributed by atoms with van der Waals surface area (Å²) in [5.41, 5.74) is 1.39. The zero-order chi connectivity index (χ0) is 20.4. The van der Waals surface area contributed by atoms with Gasteiger partial charge in [0, 0.05) is 20.3 Å². The van der Waals surface area contributed by atoms with Crippen molar-refractivity contribution in [3.8, 4) is 5.69 Å². The Kier molecular flexibility index (Phi) is 5.21. The number of nitrogens with one attached hydrogen (secondary N) is 1. The van der Waals surface area contributed by atoms with Gasteiger partial charge < -0.3 is 14.6 Å². The fraction of sp³-hybridized carbons (Fsp3) is 0.250. The molecule has 0 saturated carbocycles.